The van der Waals surface area contributed by atoms with Crippen molar-refractivity contribution >= 4 is 11.6 Å². The SMILES string of the molecule is ClC=C1C2CC3CC(C2)CC1C3. The van der Waals surface area contributed by atoms with E-state index < -0.39 is 0 Å². The molecule has 66 valence electrons. The van der Waals surface area contributed by atoms with Crippen molar-refractivity contribution in [2.24, 2.45) is 23.7 Å². The van der Waals surface area contributed by atoms with E-state index in [1.807, 2.05) is 5.54 Å². The smallest absolute Gasteiger partial charge is 0.00400 e. The van der Waals surface area contributed by atoms with E-state index in [2.05, 4.69) is 0 Å². The molecule has 0 N–H and O–H groups in total. The largest absolute Gasteiger partial charge is 0.0930 e. The van der Waals surface area contributed by atoms with Gasteiger partial charge in [-0.3, -0.25) is 0 Å². The normalized spacial score (nSPS) is 49.9. The molecule has 4 aliphatic rings. The van der Waals surface area contributed by atoms with Gasteiger partial charge in [0.1, 0.15) is 0 Å². The van der Waals surface area contributed by atoms with Gasteiger partial charge in [0.2, 0.25) is 0 Å². The summed E-state index contributed by atoms with van der Waals surface area (Å²) >= 11 is 5.88. The van der Waals surface area contributed by atoms with E-state index in [1.54, 1.807) is 5.57 Å². The summed E-state index contributed by atoms with van der Waals surface area (Å²) in [6.45, 7) is 0. The van der Waals surface area contributed by atoms with Crippen molar-refractivity contribution < 1.29 is 0 Å². The molecule has 1 heteroatoms. The Kier molecular flexibility index (Phi) is 1.55. The lowest BCUT2D eigenvalue weighted by Gasteiger charge is -2.51. The second kappa shape index (κ2) is 2.51. The Morgan fingerprint density at radius 3 is 1.83 bits per heavy atom. The number of halogens is 1. The quantitative estimate of drug-likeness (QED) is 0.538. The molecule has 0 nitrogen and oxygen atoms in total. The molecule has 4 rings (SSSR count). The fraction of sp³-hybridized carbons (Fsp3) is 0.818. The Hall–Kier alpha value is 0.0300. The van der Waals surface area contributed by atoms with Gasteiger partial charge in [0, 0.05) is 5.54 Å². The van der Waals surface area contributed by atoms with Crippen molar-refractivity contribution in [3.8, 4) is 0 Å². The van der Waals surface area contributed by atoms with E-state index in [-0.39, 0.29) is 0 Å². The molecule has 12 heavy (non-hydrogen) atoms. The van der Waals surface area contributed by atoms with E-state index in [1.165, 1.54) is 32.1 Å². The minimum Gasteiger partial charge on any atom is -0.0930 e. The molecule has 0 aliphatic heterocycles. The van der Waals surface area contributed by atoms with Crippen molar-refractivity contribution in [1.82, 2.24) is 0 Å². The molecule has 0 atom stereocenters. The van der Waals surface area contributed by atoms with Crippen molar-refractivity contribution in [2.75, 3.05) is 0 Å². The van der Waals surface area contributed by atoms with Crippen molar-refractivity contribution in [3.63, 3.8) is 0 Å². The third-order valence-corrected chi connectivity index (χ3v) is 4.46. The van der Waals surface area contributed by atoms with Gasteiger partial charge in [0.05, 0.1) is 0 Å². The van der Waals surface area contributed by atoms with Gasteiger partial charge in [-0.05, 0) is 55.8 Å². The van der Waals surface area contributed by atoms with E-state index in [9.17, 15) is 0 Å². The number of allylic oxidation sites excluding steroid dienone is 1. The van der Waals surface area contributed by atoms with Crippen LogP contribution in [0.4, 0.5) is 0 Å². The summed E-state index contributed by atoms with van der Waals surface area (Å²) in [6, 6.07) is 0. The molecule has 0 heterocycles. The minimum atomic E-state index is 0.888. The van der Waals surface area contributed by atoms with Gasteiger partial charge < -0.3 is 0 Å². The zero-order valence-electron chi connectivity index (χ0n) is 7.30. The number of hydrogen-bond acceptors (Lipinski definition) is 0. The number of hydrogen-bond donors (Lipinski definition) is 0. The molecule has 0 amide bonds. The van der Waals surface area contributed by atoms with Crippen LogP contribution in [-0.4, -0.2) is 0 Å². The van der Waals surface area contributed by atoms with Crippen molar-refractivity contribution in [3.05, 3.63) is 11.1 Å². The predicted molar refractivity (Wildman–Crippen MR) is 51.0 cm³/mol. The van der Waals surface area contributed by atoms with Crippen molar-refractivity contribution in [1.29, 1.82) is 0 Å². The standard InChI is InChI=1S/C11H15Cl/c12-6-11-9-2-7-1-8(4-9)5-10(11)3-7/h6-10H,1-5H2. The highest BCUT2D eigenvalue weighted by molar-refractivity contribution is 6.25. The van der Waals surface area contributed by atoms with Crippen LogP contribution in [0.1, 0.15) is 32.1 Å². The van der Waals surface area contributed by atoms with Crippen LogP contribution in [0.3, 0.4) is 0 Å². The summed E-state index contributed by atoms with van der Waals surface area (Å²) < 4.78 is 0. The van der Waals surface area contributed by atoms with E-state index in [4.69, 9.17) is 11.6 Å². The van der Waals surface area contributed by atoms with Gasteiger partial charge in [-0.2, -0.15) is 0 Å². The Balaban J connectivity index is 1.95. The van der Waals surface area contributed by atoms with Gasteiger partial charge in [0.25, 0.3) is 0 Å². The summed E-state index contributed by atoms with van der Waals surface area (Å²) in [5.74, 6) is 3.90. The average molecular weight is 183 g/mol. The minimum absolute atomic E-state index is 0.888. The van der Waals surface area contributed by atoms with Crippen LogP contribution in [0, 0.1) is 23.7 Å². The molecule has 4 saturated carbocycles. The lowest BCUT2D eigenvalue weighted by molar-refractivity contribution is 0.0700. The molecule has 0 unspecified atom stereocenters. The first-order valence-electron chi connectivity index (χ1n) is 5.17. The second-order valence-corrected chi connectivity index (χ2v) is 5.13. The van der Waals surface area contributed by atoms with Gasteiger partial charge in [-0.25, -0.2) is 0 Å². The molecular weight excluding hydrogens is 168 g/mol. The van der Waals surface area contributed by atoms with Crippen LogP contribution in [0.2, 0.25) is 0 Å². The highest BCUT2D eigenvalue weighted by atomic mass is 35.5. The topological polar surface area (TPSA) is 0 Å². The summed E-state index contributed by atoms with van der Waals surface area (Å²) in [5.41, 5.74) is 3.50. The molecule has 4 fully saturated rings. The molecule has 0 aromatic rings. The van der Waals surface area contributed by atoms with Crippen LogP contribution in [0.25, 0.3) is 0 Å². The van der Waals surface area contributed by atoms with Gasteiger partial charge >= 0.3 is 0 Å². The molecule has 0 aromatic heterocycles. The molecule has 0 aromatic carbocycles. The molecule has 0 saturated heterocycles. The lowest BCUT2D eigenvalue weighted by atomic mass is 9.54. The first kappa shape index (κ1) is 7.44. The summed E-state index contributed by atoms with van der Waals surface area (Å²) in [6.07, 6.45) is 7.33. The third-order valence-electron chi connectivity index (χ3n) is 4.21. The molecule has 4 aliphatic carbocycles. The lowest BCUT2D eigenvalue weighted by Crippen LogP contribution is -2.40. The summed E-state index contributed by atoms with van der Waals surface area (Å²) in [4.78, 5) is 0. The zero-order chi connectivity index (χ0) is 8.13. The van der Waals surface area contributed by atoms with Crippen LogP contribution < -0.4 is 0 Å². The average Bonchev–Trinajstić information content (AvgIpc) is 2.02. The maximum Gasteiger partial charge on any atom is 0.00400 e. The highest BCUT2D eigenvalue weighted by Gasteiger charge is 2.44. The Morgan fingerprint density at radius 2 is 1.42 bits per heavy atom. The first-order chi connectivity index (χ1) is 5.86. The monoisotopic (exact) mass is 182 g/mol. The molecule has 4 bridgehead atoms. The van der Waals surface area contributed by atoms with E-state index >= 15 is 0 Å². The Morgan fingerprint density at radius 1 is 0.917 bits per heavy atom. The highest BCUT2D eigenvalue weighted by Crippen LogP contribution is 2.56. The number of rotatable bonds is 0. The van der Waals surface area contributed by atoms with Crippen LogP contribution in [0.5, 0.6) is 0 Å². The fourth-order valence-electron chi connectivity index (χ4n) is 3.91. The van der Waals surface area contributed by atoms with Crippen molar-refractivity contribution in [2.45, 2.75) is 32.1 Å². The summed E-state index contributed by atoms with van der Waals surface area (Å²) in [7, 11) is 0. The summed E-state index contributed by atoms with van der Waals surface area (Å²) in [5, 5.41) is 0. The molecule has 0 spiro atoms. The van der Waals surface area contributed by atoms with Crippen LogP contribution in [-0.2, 0) is 0 Å². The Bertz CT molecular complexity index is 199. The first-order valence-corrected chi connectivity index (χ1v) is 5.60. The maximum absolute atomic E-state index is 5.88. The van der Waals surface area contributed by atoms with Gasteiger partial charge in [0.15, 0.2) is 0 Å². The van der Waals surface area contributed by atoms with Crippen LogP contribution in [0.15, 0.2) is 11.1 Å². The van der Waals surface area contributed by atoms with E-state index in [0.29, 0.717) is 0 Å². The molecular formula is C11H15Cl. The predicted octanol–water partition coefficient (Wildman–Crippen LogP) is 3.57. The second-order valence-electron chi connectivity index (χ2n) is 4.91. The fourth-order valence-corrected chi connectivity index (χ4v) is 4.26. The van der Waals surface area contributed by atoms with E-state index in [0.717, 1.165) is 23.7 Å². The third kappa shape index (κ3) is 0.907. The maximum atomic E-state index is 5.88. The van der Waals surface area contributed by atoms with Crippen LogP contribution >= 0.6 is 11.6 Å². The van der Waals surface area contributed by atoms with Gasteiger partial charge in [-0.15, -0.1) is 0 Å². The van der Waals surface area contributed by atoms with Gasteiger partial charge in [-0.1, -0.05) is 17.2 Å². The Labute approximate surface area is 79.0 Å². The molecule has 0 radical (unpaired) electrons. The zero-order valence-corrected chi connectivity index (χ0v) is 8.06.